The topological polar surface area (TPSA) is 61.7 Å². The minimum Gasteiger partial charge on any atom is -0.393 e. The standard InChI is InChI=1S/C28H47NO3/c1-16-13-17(14-29-6)32-22-21(16)25(4)11-12-28-15-27(28)10-9-20(30)24(2,3)18(27)7-8-19(28)26(25,5)23(22)31/h16-23,29-31H,7-15H2,1-6H3/t16-,17-,18?,19?,20+,21+,22+,23+,25-,26-,27-,28+/m1/s1. The van der Waals surface area contributed by atoms with Gasteiger partial charge in [-0.3, -0.25) is 0 Å². The first-order valence-corrected chi connectivity index (χ1v) is 13.7. The Hall–Kier alpha value is -0.160. The maximum Gasteiger partial charge on any atom is 0.0880 e. The molecular weight excluding hydrogens is 398 g/mol. The molecule has 0 bridgehead atoms. The molecule has 2 spiro atoms. The predicted molar refractivity (Wildman–Crippen MR) is 126 cm³/mol. The van der Waals surface area contributed by atoms with Crippen LogP contribution in [0.3, 0.4) is 0 Å². The molecule has 5 saturated carbocycles. The van der Waals surface area contributed by atoms with Gasteiger partial charge in [0.05, 0.1) is 24.4 Å². The Labute approximate surface area is 195 Å². The molecule has 2 unspecified atom stereocenters. The van der Waals surface area contributed by atoms with Gasteiger partial charge in [-0.15, -0.1) is 0 Å². The molecule has 182 valence electrons. The lowest BCUT2D eigenvalue weighted by atomic mass is 9.41. The fourth-order valence-corrected chi connectivity index (χ4v) is 11.8. The highest BCUT2D eigenvalue weighted by atomic mass is 16.5. The van der Waals surface area contributed by atoms with E-state index in [4.69, 9.17) is 4.74 Å². The van der Waals surface area contributed by atoms with Crippen molar-refractivity contribution in [3.8, 4) is 0 Å². The van der Waals surface area contributed by atoms with Crippen molar-refractivity contribution in [1.82, 2.24) is 5.32 Å². The number of aliphatic hydroxyl groups excluding tert-OH is 2. The molecule has 5 aliphatic carbocycles. The van der Waals surface area contributed by atoms with Crippen LogP contribution in [-0.2, 0) is 4.74 Å². The summed E-state index contributed by atoms with van der Waals surface area (Å²) in [5, 5.41) is 26.2. The van der Waals surface area contributed by atoms with Crippen LogP contribution in [0.5, 0.6) is 0 Å². The Morgan fingerprint density at radius 2 is 1.62 bits per heavy atom. The highest BCUT2D eigenvalue weighted by Gasteiger charge is 2.84. The first-order chi connectivity index (χ1) is 15.0. The molecule has 0 amide bonds. The fraction of sp³-hybridized carbons (Fsp3) is 1.00. The summed E-state index contributed by atoms with van der Waals surface area (Å²) in [5.41, 5.74) is 0.908. The van der Waals surface area contributed by atoms with Crippen molar-refractivity contribution in [2.75, 3.05) is 13.6 Å². The van der Waals surface area contributed by atoms with E-state index >= 15 is 0 Å². The lowest BCUT2D eigenvalue weighted by Gasteiger charge is -2.63. The van der Waals surface area contributed by atoms with Gasteiger partial charge in [0.25, 0.3) is 0 Å². The second kappa shape index (κ2) is 6.53. The van der Waals surface area contributed by atoms with E-state index in [1.165, 1.54) is 38.5 Å². The Kier molecular flexibility index (Phi) is 4.55. The summed E-state index contributed by atoms with van der Waals surface area (Å²) in [6.45, 7) is 13.0. The molecule has 32 heavy (non-hydrogen) atoms. The number of likely N-dealkylation sites (N-methyl/N-ethyl adjacent to an activating group) is 1. The quantitative estimate of drug-likeness (QED) is 0.590. The normalized spacial score (nSPS) is 62.2. The van der Waals surface area contributed by atoms with E-state index in [9.17, 15) is 10.2 Å². The summed E-state index contributed by atoms with van der Waals surface area (Å²) in [5.74, 6) is 2.29. The molecular formula is C28H47NO3. The van der Waals surface area contributed by atoms with Crippen molar-refractivity contribution in [3.63, 3.8) is 0 Å². The molecule has 4 nitrogen and oxygen atoms in total. The van der Waals surface area contributed by atoms with Gasteiger partial charge in [-0.2, -0.15) is 0 Å². The minimum absolute atomic E-state index is 0.0145. The Bertz CT molecular complexity index is 800. The third kappa shape index (κ3) is 2.26. The molecule has 6 aliphatic rings. The lowest BCUT2D eigenvalue weighted by Crippen LogP contribution is -2.59. The Balaban J connectivity index is 1.38. The van der Waals surface area contributed by atoms with E-state index in [1.807, 2.05) is 7.05 Å². The predicted octanol–water partition coefficient (Wildman–Crippen LogP) is 4.38. The molecule has 0 aromatic heterocycles. The molecule has 1 saturated heterocycles. The molecule has 1 aliphatic heterocycles. The van der Waals surface area contributed by atoms with Crippen molar-refractivity contribution in [2.45, 2.75) is 110 Å². The van der Waals surface area contributed by atoms with Gasteiger partial charge in [-0.25, -0.2) is 0 Å². The van der Waals surface area contributed by atoms with Gasteiger partial charge in [-0.1, -0.05) is 34.6 Å². The molecule has 4 heteroatoms. The molecule has 1 heterocycles. The second-order valence-corrected chi connectivity index (χ2v) is 14.2. The average Bonchev–Trinajstić information content (AvgIpc) is 3.36. The SMILES string of the molecule is CNC[C@H]1C[C@@H](C)[C@H]2[C@H](O1)[C@H](O)[C@@]1(C)C3CCC4C(C)(C)[C@@H](O)CC[C@@]45C[C@@]35CC[C@]21C. The first-order valence-electron chi connectivity index (χ1n) is 13.7. The van der Waals surface area contributed by atoms with E-state index in [2.05, 4.69) is 39.9 Å². The molecule has 0 aromatic rings. The third-order valence-corrected chi connectivity index (χ3v) is 13.3. The van der Waals surface area contributed by atoms with Crippen LogP contribution in [0.4, 0.5) is 0 Å². The summed E-state index contributed by atoms with van der Waals surface area (Å²) >= 11 is 0. The number of hydrogen-bond acceptors (Lipinski definition) is 4. The maximum absolute atomic E-state index is 12.1. The van der Waals surface area contributed by atoms with E-state index < -0.39 is 0 Å². The highest BCUT2D eigenvalue weighted by Crippen LogP contribution is 2.89. The molecule has 3 N–H and O–H groups in total. The molecule has 6 rings (SSSR count). The number of aliphatic hydroxyl groups is 2. The third-order valence-electron chi connectivity index (χ3n) is 13.3. The number of nitrogens with one attached hydrogen (secondary N) is 1. The van der Waals surface area contributed by atoms with Crippen LogP contribution in [-0.4, -0.2) is 48.2 Å². The van der Waals surface area contributed by atoms with Crippen molar-refractivity contribution in [2.24, 2.45) is 50.7 Å². The number of hydrogen-bond donors (Lipinski definition) is 3. The van der Waals surface area contributed by atoms with E-state index in [0.29, 0.717) is 34.5 Å². The largest absolute Gasteiger partial charge is 0.393 e. The lowest BCUT2D eigenvalue weighted by molar-refractivity contribution is -0.182. The van der Waals surface area contributed by atoms with Crippen molar-refractivity contribution in [3.05, 3.63) is 0 Å². The van der Waals surface area contributed by atoms with Crippen LogP contribution < -0.4 is 5.32 Å². The summed E-state index contributed by atoms with van der Waals surface area (Å²) in [7, 11) is 2.00. The molecule has 12 atom stereocenters. The smallest absolute Gasteiger partial charge is 0.0880 e. The molecule has 0 aromatic carbocycles. The highest BCUT2D eigenvalue weighted by molar-refractivity contribution is 5.32. The van der Waals surface area contributed by atoms with Gasteiger partial charge in [0.2, 0.25) is 0 Å². The van der Waals surface area contributed by atoms with Gasteiger partial charge in [-0.05, 0) is 104 Å². The summed E-state index contributed by atoms with van der Waals surface area (Å²) < 4.78 is 6.69. The Morgan fingerprint density at radius 3 is 2.34 bits per heavy atom. The fourth-order valence-electron chi connectivity index (χ4n) is 11.8. The average molecular weight is 446 g/mol. The number of fused-ring (bicyclic) bond motifs is 4. The second-order valence-electron chi connectivity index (χ2n) is 14.2. The van der Waals surface area contributed by atoms with E-state index in [-0.39, 0.29) is 40.7 Å². The summed E-state index contributed by atoms with van der Waals surface area (Å²) in [6.07, 6.45) is 9.31. The van der Waals surface area contributed by atoms with Gasteiger partial charge in [0, 0.05) is 12.0 Å². The van der Waals surface area contributed by atoms with Crippen LogP contribution in [0, 0.1) is 50.7 Å². The van der Waals surface area contributed by atoms with Gasteiger partial charge >= 0.3 is 0 Å². The van der Waals surface area contributed by atoms with Gasteiger partial charge in [0.1, 0.15) is 0 Å². The van der Waals surface area contributed by atoms with E-state index in [1.54, 1.807) is 0 Å². The zero-order valence-corrected chi connectivity index (χ0v) is 21.3. The Morgan fingerprint density at radius 1 is 0.938 bits per heavy atom. The monoisotopic (exact) mass is 445 g/mol. The van der Waals surface area contributed by atoms with Crippen molar-refractivity contribution in [1.29, 1.82) is 0 Å². The van der Waals surface area contributed by atoms with Crippen LogP contribution in [0.2, 0.25) is 0 Å². The number of rotatable bonds is 2. The summed E-state index contributed by atoms with van der Waals surface area (Å²) in [6, 6.07) is 0. The van der Waals surface area contributed by atoms with Crippen LogP contribution >= 0.6 is 0 Å². The van der Waals surface area contributed by atoms with Crippen LogP contribution in [0.25, 0.3) is 0 Å². The zero-order valence-electron chi connectivity index (χ0n) is 21.3. The van der Waals surface area contributed by atoms with E-state index in [0.717, 1.165) is 19.4 Å². The summed E-state index contributed by atoms with van der Waals surface area (Å²) in [4.78, 5) is 0. The van der Waals surface area contributed by atoms with Crippen molar-refractivity contribution < 1.29 is 14.9 Å². The van der Waals surface area contributed by atoms with Gasteiger partial charge in [0.15, 0.2) is 0 Å². The van der Waals surface area contributed by atoms with Crippen molar-refractivity contribution >= 4 is 0 Å². The molecule has 0 radical (unpaired) electrons. The maximum atomic E-state index is 12.1. The zero-order chi connectivity index (χ0) is 22.9. The van der Waals surface area contributed by atoms with Crippen LogP contribution in [0.15, 0.2) is 0 Å². The molecule has 6 fully saturated rings. The first kappa shape index (κ1) is 22.3. The van der Waals surface area contributed by atoms with Gasteiger partial charge < -0.3 is 20.3 Å². The minimum atomic E-state index is -0.363. The number of ether oxygens (including phenoxy) is 1. The van der Waals surface area contributed by atoms with Crippen LogP contribution in [0.1, 0.15) is 86.0 Å².